The fraction of sp³-hybridized carbons (Fsp3) is 0.343. The number of Topliss-reactive ketones (excluding diaryl/α,β-unsaturated/α-hetero) is 3. The highest BCUT2D eigenvalue weighted by molar-refractivity contribution is 6.25. The largest absolute Gasteiger partial charge is 0.508 e. The predicted octanol–water partition coefficient (Wildman–Crippen LogP) is 5.19. The van der Waals surface area contributed by atoms with Crippen molar-refractivity contribution in [2.24, 2.45) is 22.7 Å². The molecule has 5 atom stereocenters. The topological polar surface area (TPSA) is 152 Å². The fourth-order valence-corrected chi connectivity index (χ4v) is 7.76. The van der Waals surface area contributed by atoms with Crippen LogP contribution in [0.4, 0.5) is 0 Å². The number of hydrogen-bond donors (Lipinski definition) is 5. The van der Waals surface area contributed by atoms with Crippen LogP contribution in [0.1, 0.15) is 63.8 Å². The molecule has 8 nitrogen and oxygen atoms in total. The van der Waals surface area contributed by atoms with Crippen molar-refractivity contribution in [1.82, 2.24) is 0 Å². The van der Waals surface area contributed by atoms with Gasteiger partial charge in [-0.05, 0) is 61.1 Å². The Balaban J connectivity index is 1.95. The number of ketones is 3. The normalized spacial score (nSPS) is 31.2. The van der Waals surface area contributed by atoms with Crippen LogP contribution in [0, 0.1) is 22.7 Å². The first-order chi connectivity index (χ1) is 20.0. The summed E-state index contributed by atoms with van der Waals surface area (Å²) in [5.74, 6) is -6.85. The van der Waals surface area contributed by atoms with E-state index in [2.05, 4.69) is 6.58 Å². The molecular weight excluding hydrogens is 548 g/mol. The number of phenols is 1. The maximum atomic E-state index is 14.7. The molecule has 0 heterocycles. The van der Waals surface area contributed by atoms with Gasteiger partial charge in [0.15, 0.2) is 17.2 Å². The molecule has 1 unspecified atom stereocenters. The average Bonchev–Trinajstić information content (AvgIpc) is 2.92. The molecule has 0 bridgehead atoms. The van der Waals surface area contributed by atoms with E-state index in [4.69, 9.17) is 0 Å². The van der Waals surface area contributed by atoms with E-state index in [9.17, 15) is 39.9 Å². The van der Waals surface area contributed by atoms with E-state index < -0.39 is 74.4 Å². The lowest BCUT2D eigenvalue weighted by molar-refractivity contribution is -0.207. The van der Waals surface area contributed by atoms with Gasteiger partial charge >= 0.3 is 0 Å². The van der Waals surface area contributed by atoms with Crippen molar-refractivity contribution in [1.29, 1.82) is 0 Å². The van der Waals surface area contributed by atoms with Gasteiger partial charge in [-0.2, -0.15) is 0 Å². The van der Waals surface area contributed by atoms with E-state index in [0.717, 1.165) is 18.1 Å². The lowest BCUT2D eigenvalue weighted by Gasteiger charge is -2.62. The zero-order chi connectivity index (χ0) is 32.0. The van der Waals surface area contributed by atoms with Gasteiger partial charge in [-0.15, -0.1) is 0 Å². The Morgan fingerprint density at radius 1 is 1.02 bits per heavy atom. The van der Waals surface area contributed by atoms with Crippen LogP contribution in [0.15, 0.2) is 65.9 Å². The highest BCUT2D eigenvalue weighted by atomic mass is 16.4. The molecule has 5 rings (SSSR count). The molecular formula is C35H36O8. The minimum Gasteiger partial charge on any atom is -0.508 e. The highest BCUT2D eigenvalue weighted by Crippen LogP contribution is 2.67. The molecule has 0 aliphatic heterocycles. The minimum atomic E-state index is -2.95. The Kier molecular flexibility index (Phi) is 6.76. The number of hydrogen-bond acceptors (Lipinski definition) is 8. The summed E-state index contributed by atoms with van der Waals surface area (Å²) >= 11 is 0. The van der Waals surface area contributed by atoms with Crippen molar-refractivity contribution in [3.8, 4) is 5.75 Å². The standard InChI is InChI=1S/C35H36O8/c1-16(2)20-11-8-10-19(14-20)15-22-21-12-9-13-23(37)25(21)29(39)27-31(41)35(43)30(40)24(18(5)36)28(38)26(17(3)4)34(35,7)32(42)33(22,27)6/h8-15,17,26,32,37,39-40,42-43H,1H2,2-7H3/b22-15+/t26?,32-,33+,34+,35+/m1/s1. The Bertz CT molecular complexity index is 1740. The third-order valence-corrected chi connectivity index (χ3v) is 9.80. The molecule has 1 saturated carbocycles. The van der Waals surface area contributed by atoms with E-state index in [1.165, 1.54) is 19.9 Å². The molecule has 224 valence electrons. The van der Waals surface area contributed by atoms with Crippen molar-refractivity contribution in [2.75, 3.05) is 0 Å². The molecule has 0 aromatic heterocycles. The fourth-order valence-electron chi connectivity index (χ4n) is 7.76. The highest BCUT2D eigenvalue weighted by Gasteiger charge is 2.76. The number of aromatic hydroxyl groups is 1. The van der Waals surface area contributed by atoms with Crippen LogP contribution in [0.2, 0.25) is 0 Å². The van der Waals surface area contributed by atoms with Crippen LogP contribution >= 0.6 is 0 Å². The molecule has 2 aromatic carbocycles. The molecule has 0 spiro atoms. The summed E-state index contributed by atoms with van der Waals surface area (Å²) in [6.45, 7) is 13.1. The Morgan fingerprint density at radius 2 is 1.65 bits per heavy atom. The molecule has 0 radical (unpaired) electrons. The van der Waals surface area contributed by atoms with Gasteiger partial charge in [0.25, 0.3) is 0 Å². The molecule has 43 heavy (non-hydrogen) atoms. The van der Waals surface area contributed by atoms with Crippen molar-refractivity contribution in [2.45, 2.75) is 53.2 Å². The molecule has 3 aliphatic carbocycles. The van der Waals surface area contributed by atoms with Crippen molar-refractivity contribution >= 4 is 40.3 Å². The quantitative estimate of drug-likeness (QED) is 0.308. The van der Waals surface area contributed by atoms with Crippen molar-refractivity contribution in [3.63, 3.8) is 0 Å². The Morgan fingerprint density at radius 3 is 2.23 bits per heavy atom. The zero-order valence-corrected chi connectivity index (χ0v) is 25.0. The van der Waals surface area contributed by atoms with Crippen LogP contribution in [0.5, 0.6) is 5.75 Å². The number of allylic oxidation sites excluding steroid dienone is 2. The van der Waals surface area contributed by atoms with Crippen molar-refractivity contribution < 1.29 is 39.9 Å². The molecule has 3 aliphatic rings. The number of aliphatic hydroxyl groups is 4. The van der Waals surface area contributed by atoms with E-state index in [-0.39, 0.29) is 11.3 Å². The molecule has 5 N–H and O–H groups in total. The van der Waals surface area contributed by atoms with Gasteiger partial charge in [0.2, 0.25) is 5.78 Å². The molecule has 2 aromatic rings. The van der Waals surface area contributed by atoms with E-state index in [0.29, 0.717) is 16.7 Å². The van der Waals surface area contributed by atoms with Gasteiger partial charge in [0.05, 0.1) is 22.7 Å². The monoisotopic (exact) mass is 584 g/mol. The van der Waals surface area contributed by atoms with E-state index in [1.54, 1.807) is 32.1 Å². The summed E-state index contributed by atoms with van der Waals surface area (Å²) in [5, 5.41) is 58.8. The molecule has 0 saturated heterocycles. The number of rotatable bonds is 4. The van der Waals surface area contributed by atoms with E-state index >= 15 is 0 Å². The van der Waals surface area contributed by atoms with Crippen LogP contribution in [0.3, 0.4) is 0 Å². The van der Waals surface area contributed by atoms with Gasteiger partial charge in [0, 0.05) is 11.3 Å². The number of aliphatic hydroxyl groups excluding tert-OH is 3. The molecule has 0 amide bonds. The second-order valence-electron chi connectivity index (χ2n) is 12.7. The Hall–Kier alpha value is -4.27. The van der Waals surface area contributed by atoms with E-state index in [1.807, 2.05) is 31.2 Å². The molecule has 8 heteroatoms. The summed E-state index contributed by atoms with van der Waals surface area (Å²) in [7, 11) is 0. The lowest BCUT2D eigenvalue weighted by Crippen LogP contribution is -2.75. The average molecular weight is 585 g/mol. The summed E-state index contributed by atoms with van der Waals surface area (Å²) in [4.78, 5) is 41.1. The van der Waals surface area contributed by atoms with Crippen LogP contribution in [-0.4, -0.2) is 54.6 Å². The summed E-state index contributed by atoms with van der Waals surface area (Å²) in [6.07, 6.45) is -0.0365. The van der Waals surface area contributed by atoms with Crippen LogP contribution < -0.4 is 0 Å². The first-order valence-electron chi connectivity index (χ1n) is 14.2. The first-order valence-corrected chi connectivity index (χ1v) is 14.2. The second-order valence-corrected chi connectivity index (χ2v) is 12.7. The maximum Gasteiger partial charge on any atom is 0.203 e. The minimum absolute atomic E-state index is 0.0902. The lowest BCUT2D eigenvalue weighted by atomic mass is 9.41. The number of carbonyl (C=O) groups excluding carboxylic acids is 3. The van der Waals surface area contributed by atoms with Crippen molar-refractivity contribution in [3.05, 3.63) is 88.2 Å². The number of carbonyl (C=O) groups is 3. The summed E-state index contributed by atoms with van der Waals surface area (Å²) in [6, 6.07) is 11.9. The van der Waals surface area contributed by atoms with Gasteiger partial charge in [-0.25, -0.2) is 0 Å². The second kappa shape index (κ2) is 9.62. The molecule has 1 fully saturated rings. The number of fused-ring (bicyclic) bond motifs is 3. The van der Waals surface area contributed by atoms with Gasteiger partial charge in [-0.3, -0.25) is 14.4 Å². The SMILES string of the molecule is C=C(C)c1cccc(/C=C2\c3cccc(O)c3C(O)=C3C(=O)[C@@]4(O)C(O)=C(C(C)=O)C(=O)C(C(C)C)[C@@]4(C)[C@H](O)[C@]32C)c1. The summed E-state index contributed by atoms with van der Waals surface area (Å²) < 4.78 is 0. The zero-order valence-electron chi connectivity index (χ0n) is 25.0. The third-order valence-electron chi connectivity index (χ3n) is 9.80. The smallest absolute Gasteiger partial charge is 0.203 e. The van der Waals surface area contributed by atoms with Gasteiger partial charge in [0.1, 0.15) is 22.8 Å². The first kappa shape index (κ1) is 30.2. The Labute approximate surface area is 250 Å². The van der Waals surface area contributed by atoms with Gasteiger partial charge < -0.3 is 25.5 Å². The third kappa shape index (κ3) is 3.66. The van der Waals surface area contributed by atoms with Crippen LogP contribution in [0.25, 0.3) is 23.0 Å². The number of benzene rings is 2. The maximum absolute atomic E-state index is 14.7. The van der Waals surface area contributed by atoms with Gasteiger partial charge in [-0.1, -0.05) is 69.3 Å². The summed E-state index contributed by atoms with van der Waals surface area (Å²) in [5.41, 5.74) is -5.04. The predicted molar refractivity (Wildman–Crippen MR) is 163 cm³/mol. The number of phenolic OH excluding ortho intramolecular Hbond substituents is 1. The van der Waals surface area contributed by atoms with Crippen LogP contribution in [-0.2, 0) is 14.4 Å².